The fourth-order valence-corrected chi connectivity index (χ4v) is 4.23. The van der Waals surface area contributed by atoms with E-state index < -0.39 is 0 Å². The lowest BCUT2D eigenvalue weighted by Crippen LogP contribution is -2.37. The van der Waals surface area contributed by atoms with Crippen LogP contribution in [0.2, 0.25) is 0 Å². The van der Waals surface area contributed by atoms with Crippen LogP contribution in [0.5, 0.6) is 0 Å². The van der Waals surface area contributed by atoms with Gasteiger partial charge in [-0.15, -0.1) is 0 Å². The van der Waals surface area contributed by atoms with E-state index in [0.717, 1.165) is 28.1 Å². The van der Waals surface area contributed by atoms with Crippen molar-refractivity contribution in [3.63, 3.8) is 0 Å². The van der Waals surface area contributed by atoms with E-state index in [1.54, 1.807) is 23.0 Å². The average molecular weight is 441 g/mol. The predicted octanol–water partition coefficient (Wildman–Crippen LogP) is 3.30. The minimum atomic E-state index is -0.264. The summed E-state index contributed by atoms with van der Waals surface area (Å²) in [4.78, 5) is 32.1. The first-order valence-electron chi connectivity index (χ1n) is 10.8. The monoisotopic (exact) mass is 441 g/mol. The highest BCUT2D eigenvalue weighted by molar-refractivity contribution is 5.98. The second-order valence-electron chi connectivity index (χ2n) is 7.93. The highest BCUT2D eigenvalue weighted by atomic mass is 16.3. The number of hydrogen-bond donors (Lipinski definition) is 1. The van der Waals surface area contributed by atoms with E-state index in [0.29, 0.717) is 31.6 Å². The van der Waals surface area contributed by atoms with Crippen molar-refractivity contribution in [2.75, 3.05) is 6.54 Å². The number of aryl methyl sites for hydroxylation is 1. The van der Waals surface area contributed by atoms with Gasteiger partial charge in [0.05, 0.1) is 17.5 Å². The first-order chi connectivity index (χ1) is 16.1. The van der Waals surface area contributed by atoms with Crippen LogP contribution in [0, 0.1) is 6.92 Å². The summed E-state index contributed by atoms with van der Waals surface area (Å²) >= 11 is 0. The molecular formula is C25H23N5O3. The SMILES string of the molecule is Cc1ncc2c(c1CNC(=O)c1ccco1)CCN(C(=O)c1ccccc1-n1cccn1)C2. The number of carbonyl (C=O) groups excluding carboxylic acids is 2. The van der Waals surface area contributed by atoms with E-state index >= 15 is 0 Å². The van der Waals surface area contributed by atoms with Gasteiger partial charge in [-0.25, -0.2) is 4.68 Å². The molecule has 0 bridgehead atoms. The van der Waals surface area contributed by atoms with Crippen LogP contribution in [0.15, 0.2) is 71.7 Å². The van der Waals surface area contributed by atoms with Crippen molar-refractivity contribution in [1.29, 1.82) is 0 Å². The molecule has 4 aromatic rings. The van der Waals surface area contributed by atoms with Crippen molar-refractivity contribution in [2.45, 2.75) is 26.4 Å². The number of para-hydroxylation sites is 1. The number of furan rings is 1. The van der Waals surface area contributed by atoms with Gasteiger partial charge in [-0.1, -0.05) is 12.1 Å². The van der Waals surface area contributed by atoms with Crippen molar-refractivity contribution in [3.8, 4) is 5.69 Å². The number of rotatable bonds is 5. The highest BCUT2D eigenvalue weighted by Crippen LogP contribution is 2.26. The maximum atomic E-state index is 13.4. The Labute approximate surface area is 190 Å². The molecule has 4 heterocycles. The molecule has 0 atom stereocenters. The summed E-state index contributed by atoms with van der Waals surface area (Å²) in [6, 6.07) is 12.6. The molecule has 1 N–H and O–H groups in total. The van der Waals surface area contributed by atoms with Gasteiger partial charge >= 0.3 is 0 Å². The Morgan fingerprint density at radius 3 is 2.82 bits per heavy atom. The summed E-state index contributed by atoms with van der Waals surface area (Å²) in [6.45, 7) is 3.35. The molecule has 0 saturated carbocycles. The highest BCUT2D eigenvalue weighted by Gasteiger charge is 2.26. The quantitative estimate of drug-likeness (QED) is 0.513. The first-order valence-corrected chi connectivity index (χ1v) is 10.8. The fraction of sp³-hybridized carbons (Fsp3) is 0.200. The summed E-state index contributed by atoms with van der Waals surface area (Å²) in [6.07, 6.45) is 7.52. The third-order valence-corrected chi connectivity index (χ3v) is 5.94. The van der Waals surface area contributed by atoms with Crippen LogP contribution >= 0.6 is 0 Å². The lowest BCUT2D eigenvalue weighted by atomic mass is 9.94. The van der Waals surface area contributed by atoms with Gasteiger partial charge in [-0.2, -0.15) is 5.10 Å². The molecular weight excluding hydrogens is 418 g/mol. The van der Waals surface area contributed by atoms with E-state index in [4.69, 9.17) is 4.42 Å². The van der Waals surface area contributed by atoms with Gasteiger partial charge in [-0.05, 0) is 60.4 Å². The van der Waals surface area contributed by atoms with Crippen molar-refractivity contribution >= 4 is 11.8 Å². The molecule has 1 aromatic carbocycles. The largest absolute Gasteiger partial charge is 0.459 e. The molecule has 2 amide bonds. The molecule has 0 spiro atoms. The van der Waals surface area contributed by atoms with Gasteiger partial charge in [0.25, 0.3) is 11.8 Å². The summed E-state index contributed by atoms with van der Waals surface area (Å²) in [5.74, 6) is -0.0297. The standard InChI is InChI=1S/C25H23N5O3/c1-17-21(15-27-24(31)23-8-4-13-33-23)19-9-12-29(16-18(19)14-26-17)25(32)20-6-2-3-7-22(20)30-11-5-10-28-30/h2-8,10-11,13-14H,9,12,15-16H2,1H3,(H,27,31). The molecule has 0 radical (unpaired) electrons. The van der Waals surface area contributed by atoms with E-state index in [9.17, 15) is 9.59 Å². The Kier molecular flexibility index (Phi) is 5.48. The zero-order valence-corrected chi connectivity index (χ0v) is 18.2. The lowest BCUT2D eigenvalue weighted by Gasteiger charge is -2.31. The van der Waals surface area contributed by atoms with Crippen LogP contribution in [-0.2, 0) is 19.5 Å². The molecule has 0 unspecified atom stereocenters. The zero-order valence-electron chi connectivity index (χ0n) is 18.2. The summed E-state index contributed by atoms with van der Waals surface area (Å²) in [5.41, 5.74) is 5.37. The van der Waals surface area contributed by atoms with Gasteiger partial charge < -0.3 is 14.6 Å². The molecule has 8 nitrogen and oxygen atoms in total. The number of pyridine rings is 1. The second kappa shape index (κ2) is 8.74. The van der Waals surface area contributed by atoms with E-state index in [1.807, 2.05) is 54.5 Å². The number of fused-ring (bicyclic) bond motifs is 1. The van der Waals surface area contributed by atoms with Crippen molar-refractivity contribution < 1.29 is 14.0 Å². The number of aromatic nitrogens is 3. The summed E-state index contributed by atoms with van der Waals surface area (Å²) < 4.78 is 6.87. The minimum Gasteiger partial charge on any atom is -0.459 e. The third kappa shape index (κ3) is 4.03. The normalized spacial score (nSPS) is 12.9. The zero-order chi connectivity index (χ0) is 22.8. The number of nitrogens with one attached hydrogen (secondary N) is 1. The van der Waals surface area contributed by atoms with Crippen LogP contribution in [0.1, 0.15) is 43.3 Å². The maximum absolute atomic E-state index is 13.4. The van der Waals surface area contributed by atoms with E-state index in [2.05, 4.69) is 15.4 Å². The maximum Gasteiger partial charge on any atom is 0.287 e. The molecule has 0 fully saturated rings. The molecule has 0 aliphatic carbocycles. The Hall–Kier alpha value is -4.20. The molecule has 1 aliphatic rings. The van der Waals surface area contributed by atoms with Crippen LogP contribution in [0.3, 0.4) is 0 Å². The van der Waals surface area contributed by atoms with Gasteiger partial charge in [0.2, 0.25) is 0 Å². The van der Waals surface area contributed by atoms with Crippen LogP contribution in [0.25, 0.3) is 5.69 Å². The first kappa shape index (κ1) is 20.7. The number of hydrogen-bond acceptors (Lipinski definition) is 5. The van der Waals surface area contributed by atoms with Crippen LogP contribution < -0.4 is 5.32 Å². The predicted molar refractivity (Wildman–Crippen MR) is 121 cm³/mol. The number of benzene rings is 1. The molecule has 5 rings (SSSR count). The molecule has 8 heteroatoms. The van der Waals surface area contributed by atoms with E-state index in [-0.39, 0.29) is 17.6 Å². The van der Waals surface area contributed by atoms with Crippen molar-refractivity contribution in [3.05, 3.63) is 101 Å². The smallest absolute Gasteiger partial charge is 0.287 e. The Morgan fingerprint density at radius 2 is 2.03 bits per heavy atom. The summed E-state index contributed by atoms with van der Waals surface area (Å²) in [5, 5.41) is 7.19. The van der Waals surface area contributed by atoms with E-state index in [1.165, 1.54) is 6.26 Å². The van der Waals surface area contributed by atoms with Gasteiger partial charge in [0.1, 0.15) is 0 Å². The third-order valence-electron chi connectivity index (χ3n) is 5.94. The molecule has 1 aliphatic heterocycles. The Morgan fingerprint density at radius 1 is 1.15 bits per heavy atom. The lowest BCUT2D eigenvalue weighted by molar-refractivity contribution is 0.0734. The number of carbonyl (C=O) groups is 2. The van der Waals surface area contributed by atoms with Gasteiger partial charge in [0.15, 0.2) is 5.76 Å². The summed E-state index contributed by atoms with van der Waals surface area (Å²) in [7, 11) is 0. The van der Waals surface area contributed by atoms with Crippen LogP contribution in [-0.4, -0.2) is 38.0 Å². The van der Waals surface area contributed by atoms with Crippen molar-refractivity contribution in [2.24, 2.45) is 0 Å². The average Bonchev–Trinajstić information content (AvgIpc) is 3.57. The molecule has 0 saturated heterocycles. The fourth-order valence-electron chi connectivity index (χ4n) is 4.23. The molecule has 166 valence electrons. The second-order valence-corrected chi connectivity index (χ2v) is 7.93. The topological polar surface area (TPSA) is 93.3 Å². The van der Waals surface area contributed by atoms with Gasteiger partial charge in [0, 0.05) is 43.9 Å². The van der Waals surface area contributed by atoms with Crippen molar-refractivity contribution in [1.82, 2.24) is 25.0 Å². The van der Waals surface area contributed by atoms with Gasteiger partial charge in [-0.3, -0.25) is 14.6 Å². The molecule has 3 aromatic heterocycles. The van der Waals surface area contributed by atoms with Crippen LogP contribution in [0.4, 0.5) is 0 Å². The Balaban J connectivity index is 1.36. The minimum absolute atomic E-state index is 0.0417. The Bertz CT molecular complexity index is 1300. The molecule has 33 heavy (non-hydrogen) atoms. The number of nitrogens with zero attached hydrogens (tertiary/aromatic N) is 4. The number of amides is 2.